The van der Waals surface area contributed by atoms with E-state index < -0.39 is 0 Å². The summed E-state index contributed by atoms with van der Waals surface area (Å²) in [6.07, 6.45) is 2.09. The first kappa shape index (κ1) is 30.3. The molecule has 2 heterocycles. The molecule has 7 aromatic carbocycles. The van der Waals surface area contributed by atoms with E-state index >= 15 is 0 Å². The molecule has 0 saturated heterocycles. The summed E-state index contributed by atoms with van der Waals surface area (Å²) in [7, 11) is 0. The minimum Gasteiger partial charge on any atom is -0.454 e. The van der Waals surface area contributed by atoms with Crippen LogP contribution in [0.2, 0.25) is 0 Å². The van der Waals surface area contributed by atoms with E-state index in [0.29, 0.717) is 0 Å². The van der Waals surface area contributed by atoms with Crippen molar-refractivity contribution in [2.24, 2.45) is 0 Å². The van der Waals surface area contributed by atoms with Gasteiger partial charge < -0.3 is 13.9 Å². The highest BCUT2D eigenvalue weighted by Gasteiger charge is 2.35. The third-order valence-electron chi connectivity index (χ3n) is 10.9. The standard InChI is InChI=1S/C49H36N2O/c1-49(2)44-14-8-6-12-41(44)42-29-28-40(32-45(42)49)51(38-24-18-34(19-25-38)33-10-4-3-5-11-33)39-26-20-36(21-27-39)35-16-22-37(23-17-35)50-31-30-47-48(50)43-13-7-9-15-46(43)52-47/h3-32H,1-2H3. The van der Waals surface area contributed by atoms with E-state index in [-0.39, 0.29) is 5.41 Å². The number of para-hydroxylation sites is 1. The molecule has 0 N–H and O–H groups in total. The van der Waals surface area contributed by atoms with Gasteiger partial charge in [0.25, 0.3) is 0 Å². The Morgan fingerprint density at radius 2 is 1.02 bits per heavy atom. The maximum atomic E-state index is 6.09. The molecule has 9 aromatic rings. The van der Waals surface area contributed by atoms with Gasteiger partial charge in [-0.25, -0.2) is 0 Å². The van der Waals surface area contributed by atoms with E-state index in [2.05, 4.69) is 187 Å². The SMILES string of the molecule is CC1(C)c2ccccc2-c2ccc(N(c3ccc(-c4ccccc4)cc3)c3ccc(-c4ccc(-n5ccc6oc7ccccc7c65)cc4)cc3)cc21. The first-order chi connectivity index (χ1) is 25.5. The van der Waals surface area contributed by atoms with E-state index in [1.807, 2.05) is 18.2 Å². The summed E-state index contributed by atoms with van der Waals surface area (Å²) in [4.78, 5) is 2.38. The van der Waals surface area contributed by atoms with Gasteiger partial charge in [0, 0.05) is 39.7 Å². The number of hydrogen-bond acceptors (Lipinski definition) is 2. The summed E-state index contributed by atoms with van der Waals surface area (Å²) in [6.45, 7) is 4.69. The largest absolute Gasteiger partial charge is 0.454 e. The zero-order chi connectivity index (χ0) is 34.8. The van der Waals surface area contributed by atoms with Crippen molar-refractivity contribution in [2.45, 2.75) is 19.3 Å². The highest BCUT2D eigenvalue weighted by Crippen LogP contribution is 2.50. The molecule has 52 heavy (non-hydrogen) atoms. The highest BCUT2D eigenvalue weighted by molar-refractivity contribution is 6.04. The summed E-state index contributed by atoms with van der Waals surface area (Å²) in [5.41, 5.74) is 17.5. The first-order valence-electron chi connectivity index (χ1n) is 17.9. The molecule has 0 spiro atoms. The van der Waals surface area contributed by atoms with Crippen LogP contribution in [-0.2, 0) is 5.41 Å². The number of furan rings is 1. The van der Waals surface area contributed by atoms with Gasteiger partial charge in [-0.2, -0.15) is 0 Å². The quantitative estimate of drug-likeness (QED) is 0.176. The monoisotopic (exact) mass is 668 g/mol. The van der Waals surface area contributed by atoms with Gasteiger partial charge in [-0.15, -0.1) is 0 Å². The predicted octanol–water partition coefficient (Wildman–Crippen LogP) is 13.5. The summed E-state index contributed by atoms with van der Waals surface area (Å²) < 4.78 is 8.30. The van der Waals surface area contributed by atoms with Crippen LogP contribution in [0.25, 0.3) is 61.1 Å². The molecule has 0 aliphatic heterocycles. The van der Waals surface area contributed by atoms with E-state index in [4.69, 9.17) is 4.42 Å². The fraction of sp³-hybridized carbons (Fsp3) is 0.0612. The minimum absolute atomic E-state index is 0.0854. The topological polar surface area (TPSA) is 21.3 Å². The number of anilines is 3. The van der Waals surface area contributed by atoms with Gasteiger partial charge in [0.2, 0.25) is 0 Å². The summed E-state index contributed by atoms with van der Waals surface area (Å²) in [6, 6.07) is 63.4. The Kier molecular flexibility index (Phi) is 6.84. The second-order valence-corrected chi connectivity index (χ2v) is 14.2. The van der Waals surface area contributed by atoms with Gasteiger partial charge in [0.1, 0.15) is 5.58 Å². The van der Waals surface area contributed by atoms with E-state index in [0.717, 1.165) is 44.8 Å². The Morgan fingerprint density at radius 1 is 0.462 bits per heavy atom. The molecule has 0 unspecified atom stereocenters. The normalized spacial score (nSPS) is 13.0. The zero-order valence-electron chi connectivity index (χ0n) is 29.1. The molecule has 1 aliphatic carbocycles. The number of hydrogen-bond donors (Lipinski definition) is 0. The van der Waals surface area contributed by atoms with Crippen molar-refractivity contribution < 1.29 is 4.42 Å². The lowest BCUT2D eigenvalue weighted by Crippen LogP contribution is -2.16. The fourth-order valence-electron chi connectivity index (χ4n) is 8.17. The van der Waals surface area contributed by atoms with Crippen LogP contribution < -0.4 is 4.90 Å². The average Bonchev–Trinajstić information content (AvgIpc) is 3.85. The van der Waals surface area contributed by atoms with Gasteiger partial charge >= 0.3 is 0 Å². The van der Waals surface area contributed by atoms with Crippen LogP contribution in [0.4, 0.5) is 17.1 Å². The number of benzene rings is 7. The van der Waals surface area contributed by atoms with Crippen LogP contribution in [0.1, 0.15) is 25.0 Å². The molecule has 3 heteroatoms. The molecule has 248 valence electrons. The molecule has 0 radical (unpaired) electrons. The van der Waals surface area contributed by atoms with Gasteiger partial charge in [0.05, 0.1) is 5.52 Å². The van der Waals surface area contributed by atoms with Crippen molar-refractivity contribution in [1.82, 2.24) is 4.57 Å². The van der Waals surface area contributed by atoms with Crippen molar-refractivity contribution in [1.29, 1.82) is 0 Å². The highest BCUT2D eigenvalue weighted by atomic mass is 16.3. The maximum Gasteiger partial charge on any atom is 0.153 e. The van der Waals surface area contributed by atoms with Crippen LogP contribution in [-0.4, -0.2) is 4.57 Å². The lowest BCUT2D eigenvalue weighted by Gasteiger charge is -2.28. The zero-order valence-corrected chi connectivity index (χ0v) is 29.1. The fourth-order valence-corrected chi connectivity index (χ4v) is 8.17. The smallest absolute Gasteiger partial charge is 0.153 e. The van der Waals surface area contributed by atoms with Gasteiger partial charge in [-0.1, -0.05) is 123 Å². The molecular formula is C49H36N2O. The molecule has 10 rings (SSSR count). The van der Waals surface area contributed by atoms with Crippen molar-refractivity contribution in [3.8, 4) is 39.1 Å². The van der Waals surface area contributed by atoms with Crippen LogP contribution >= 0.6 is 0 Å². The Morgan fingerprint density at radius 3 is 1.73 bits per heavy atom. The number of aromatic nitrogens is 1. The maximum absolute atomic E-state index is 6.09. The predicted molar refractivity (Wildman–Crippen MR) is 216 cm³/mol. The second-order valence-electron chi connectivity index (χ2n) is 14.2. The van der Waals surface area contributed by atoms with Crippen molar-refractivity contribution in [3.05, 3.63) is 193 Å². The molecular weight excluding hydrogens is 633 g/mol. The van der Waals surface area contributed by atoms with Crippen molar-refractivity contribution in [2.75, 3.05) is 4.90 Å². The molecule has 0 atom stereocenters. The molecule has 0 amide bonds. The first-order valence-corrected chi connectivity index (χ1v) is 17.9. The van der Waals surface area contributed by atoms with Gasteiger partial charge in [0.15, 0.2) is 5.58 Å². The Bertz CT molecular complexity index is 2730. The van der Waals surface area contributed by atoms with E-state index in [1.165, 1.54) is 44.5 Å². The Hall–Kier alpha value is -6.58. The Balaban J connectivity index is 1.01. The van der Waals surface area contributed by atoms with Gasteiger partial charge in [-0.3, -0.25) is 0 Å². The summed E-state index contributed by atoms with van der Waals surface area (Å²) in [5, 5.41) is 1.12. The lowest BCUT2D eigenvalue weighted by atomic mass is 9.82. The third-order valence-corrected chi connectivity index (χ3v) is 10.9. The number of fused-ring (bicyclic) bond motifs is 6. The van der Waals surface area contributed by atoms with Gasteiger partial charge in [-0.05, 0) is 111 Å². The Labute approximate surface area is 303 Å². The van der Waals surface area contributed by atoms with Crippen molar-refractivity contribution in [3.63, 3.8) is 0 Å². The lowest BCUT2D eigenvalue weighted by molar-refractivity contribution is 0.660. The summed E-state index contributed by atoms with van der Waals surface area (Å²) in [5.74, 6) is 0. The van der Waals surface area contributed by atoms with Crippen LogP contribution in [0.15, 0.2) is 187 Å². The van der Waals surface area contributed by atoms with E-state index in [9.17, 15) is 0 Å². The molecule has 0 saturated carbocycles. The number of rotatable bonds is 6. The second kappa shape index (κ2) is 11.8. The van der Waals surface area contributed by atoms with Crippen LogP contribution in [0, 0.1) is 0 Å². The molecule has 1 aliphatic rings. The minimum atomic E-state index is -0.0854. The molecule has 0 fully saturated rings. The average molecular weight is 669 g/mol. The number of nitrogens with zero attached hydrogens (tertiary/aromatic N) is 2. The van der Waals surface area contributed by atoms with Crippen molar-refractivity contribution >= 4 is 39.1 Å². The molecule has 0 bridgehead atoms. The molecule has 3 nitrogen and oxygen atoms in total. The third kappa shape index (κ3) is 4.81. The summed E-state index contributed by atoms with van der Waals surface area (Å²) >= 11 is 0. The van der Waals surface area contributed by atoms with E-state index in [1.54, 1.807) is 0 Å². The van der Waals surface area contributed by atoms with Crippen LogP contribution in [0.3, 0.4) is 0 Å². The molecule has 2 aromatic heterocycles. The van der Waals surface area contributed by atoms with Crippen LogP contribution in [0.5, 0.6) is 0 Å².